The van der Waals surface area contributed by atoms with Crippen molar-refractivity contribution >= 4 is 13.2 Å². The maximum Gasteiger partial charge on any atom is 0.281 e. The Balaban J connectivity index is 1.97. The second-order valence-corrected chi connectivity index (χ2v) is 5.19. The van der Waals surface area contributed by atoms with Gasteiger partial charge in [-0.1, -0.05) is 36.4 Å². The topological polar surface area (TPSA) is 58.7 Å². The molecule has 20 heavy (non-hydrogen) atoms. The molecule has 1 aliphatic heterocycles. The minimum atomic E-state index is -0.154. The standard InChI is InChI=1S/C15H23BN2O2/c1-12(18-7-5-15(19)6-8-18)14-4-2-3-13(9-14)10-16-20-11-17/h2-4,9,15-16,19H,1,5-8,10-11,17H2. The fourth-order valence-corrected chi connectivity index (χ4v) is 2.50. The third kappa shape index (κ3) is 4.10. The molecule has 108 valence electrons. The van der Waals surface area contributed by atoms with Gasteiger partial charge in [0.15, 0.2) is 0 Å². The monoisotopic (exact) mass is 274 g/mol. The number of likely N-dealkylation sites (tertiary alicyclic amines) is 1. The Labute approximate surface area is 121 Å². The van der Waals surface area contributed by atoms with Crippen LogP contribution in [0.2, 0.25) is 0 Å². The van der Waals surface area contributed by atoms with Crippen LogP contribution in [-0.4, -0.2) is 43.4 Å². The normalized spacial score (nSPS) is 16.2. The van der Waals surface area contributed by atoms with Gasteiger partial charge in [0.05, 0.1) is 12.8 Å². The summed E-state index contributed by atoms with van der Waals surface area (Å²) in [5.74, 6) is 0. The summed E-state index contributed by atoms with van der Waals surface area (Å²) in [6.07, 6.45) is 2.35. The van der Waals surface area contributed by atoms with E-state index in [-0.39, 0.29) is 12.8 Å². The van der Waals surface area contributed by atoms with Gasteiger partial charge in [-0.25, -0.2) is 0 Å². The minimum Gasteiger partial charge on any atom is -0.427 e. The van der Waals surface area contributed by atoms with Crippen molar-refractivity contribution in [2.45, 2.75) is 25.3 Å². The van der Waals surface area contributed by atoms with Crippen molar-refractivity contribution in [1.82, 2.24) is 4.90 Å². The van der Waals surface area contributed by atoms with E-state index in [9.17, 15) is 5.11 Å². The molecule has 0 aliphatic carbocycles. The van der Waals surface area contributed by atoms with Crippen LogP contribution in [0, 0.1) is 0 Å². The highest BCUT2D eigenvalue weighted by Gasteiger charge is 2.18. The van der Waals surface area contributed by atoms with Crippen molar-refractivity contribution in [3.05, 3.63) is 42.0 Å². The molecule has 1 aliphatic rings. The quantitative estimate of drug-likeness (QED) is 0.459. The molecule has 0 saturated carbocycles. The Morgan fingerprint density at radius 1 is 1.45 bits per heavy atom. The van der Waals surface area contributed by atoms with Crippen LogP contribution in [0.25, 0.3) is 5.70 Å². The maximum atomic E-state index is 9.56. The first-order valence-electron chi connectivity index (χ1n) is 7.19. The Morgan fingerprint density at radius 3 is 2.90 bits per heavy atom. The Hall–Kier alpha value is -1.30. The van der Waals surface area contributed by atoms with E-state index in [0.29, 0.717) is 7.48 Å². The molecule has 1 aromatic rings. The zero-order valence-electron chi connectivity index (χ0n) is 11.9. The number of aliphatic hydroxyl groups excluding tert-OH is 1. The summed E-state index contributed by atoms with van der Waals surface area (Å²) in [6, 6.07) is 8.39. The number of hydrogen-bond donors (Lipinski definition) is 2. The van der Waals surface area contributed by atoms with E-state index in [2.05, 4.69) is 35.7 Å². The SMILES string of the molecule is C=C(c1cccc(CBOCN)c1)N1CCC(O)CC1. The molecule has 0 atom stereocenters. The second-order valence-electron chi connectivity index (χ2n) is 5.19. The van der Waals surface area contributed by atoms with Gasteiger partial charge in [-0.05, 0) is 24.7 Å². The number of aliphatic hydroxyl groups is 1. The van der Waals surface area contributed by atoms with Crippen LogP contribution in [0.15, 0.2) is 30.8 Å². The molecule has 2 rings (SSSR count). The van der Waals surface area contributed by atoms with Crippen LogP contribution in [0.1, 0.15) is 24.0 Å². The van der Waals surface area contributed by atoms with Gasteiger partial charge in [0.1, 0.15) is 0 Å². The van der Waals surface area contributed by atoms with Gasteiger partial charge in [-0.15, -0.1) is 0 Å². The highest BCUT2D eigenvalue weighted by Crippen LogP contribution is 2.22. The van der Waals surface area contributed by atoms with Crippen molar-refractivity contribution < 1.29 is 9.76 Å². The van der Waals surface area contributed by atoms with E-state index >= 15 is 0 Å². The van der Waals surface area contributed by atoms with Crippen LogP contribution < -0.4 is 5.73 Å². The minimum absolute atomic E-state index is 0.154. The predicted octanol–water partition coefficient (Wildman–Crippen LogP) is 0.898. The summed E-state index contributed by atoms with van der Waals surface area (Å²) in [4.78, 5) is 2.25. The average Bonchev–Trinajstić information content (AvgIpc) is 2.48. The van der Waals surface area contributed by atoms with E-state index in [1.165, 1.54) is 5.56 Å². The summed E-state index contributed by atoms with van der Waals surface area (Å²) in [6.45, 7) is 6.22. The number of hydrogen-bond acceptors (Lipinski definition) is 4. The lowest BCUT2D eigenvalue weighted by atomic mass is 9.88. The molecule has 4 nitrogen and oxygen atoms in total. The third-order valence-corrected chi connectivity index (χ3v) is 3.76. The molecular weight excluding hydrogens is 251 g/mol. The molecule has 3 N–H and O–H groups in total. The lowest BCUT2D eigenvalue weighted by Gasteiger charge is -2.33. The Bertz CT molecular complexity index is 445. The van der Waals surface area contributed by atoms with Crippen LogP contribution >= 0.6 is 0 Å². The number of rotatable bonds is 6. The molecule has 0 bridgehead atoms. The highest BCUT2D eigenvalue weighted by atomic mass is 16.4. The van der Waals surface area contributed by atoms with Crippen LogP contribution in [0.4, 0.5) is 0 Å². The molecule has 0 spiro atoms. The third-order valence-electron chi connectivity index (χ3n) is 3.76. The van der Waals surface area contributed by atoms with E-state index < -0.39 is 0 Å². The van der Waals surface area contributed by atoms with Gasteiger partial charge in [0.25, 0.3) is 7.48 Å². The second kappa shape index (κ2) is 7.48. The highest BCUT2D eigenvalue weighted by molar-refractivity contribution is 6.26. The van der Waals surface area contributed by atoms with Crippen LogP contribution in [0.3, 0.4) is 0 Å². The molecule has 5 heteroatoms. The summed E-state index contributed by atoms with van der Waals surface area (Å²) < 4.78 is 5.18. The summed E-state index contributed by atoms with van der Waals surface area (Å²) in [7, 11) is 0.641. The average molecular weight is 274 g/mol. The predicted molar refractivity (Wildman–Crippen MR) is 83.3 cm³/mol. The summed E-state index contributed by atoms with van der Waals surface area (Å²) >= 11 is 0. The molecule has 1 heterocycles. The first-order chi connectivity index (χ1) is 9.70. The van der Waals surface area contributed by atoms with Crippen LogP contribution in [-0.2, 0) is 11.0 Å². The van der Waals surface area contributed by atoms with Gasteiger partial charge >= 0.3 is 0 Å². The number of nitrogens with two attached hydrogens (primary N) is 1. The van der Waals surface area contributed by atoms with Gasteiger partial charge in [0, 0.05) is 18.8 Å². The number of piperidine rings is 1. The lowest BCUT2D eigenvalue weighted by Crippen LogP contribution is -2.34. The van der Waals surface area contributed by atoms with Crippen molar-refractivity contribution in [2.24, 2.45) is 5.73 Å². The Kier molecular flexibility index (Phi) is 5.65. The molecular formula is C15H23BN2O2. The van der Waals surface area contributed by atoms with Gasteiger partial charge in [-0.3, -0.25) is 0 Å². The van der Waals surface area contributed by atoms with Gasteiger partial charge in [0.2, 0.25) is 0 Å². The zero-order chi connectivity index (χ0) is 14.4. The molecule has 0 aromatic heterocycles. The summed E-state index contributed by atoms with van der Waals surface area (Å²) in [5.41, 5.74) is 8.73. The molecule has 1 fully saturated rings. The van der Waals surface area contributed by atoms with Crippen LogP contribution in [0.5, 0.6) is 0 Å². The summed E-state index contributed by atoms with van der Waals surface area (Å²) in [5, 5.41) is 9.56. The molecule has 0 unspecified atom stereocenters. The van der Waals surface area contributed by atoms with Gasteiger partial charge in [-0.2, -0.15) is 0 Å². The largest absolute Gasteiger partial charge is 0.427 e. The maximum absolute atomic E-state index is 9.56. The van der Waals surface area contributed by atoms with E-state index in [4.69, 9.17) is 10.4 Å². The van der Waals surface area contributed by atoms with Crippen molar-refractivity contribution in [1.29, 1.82) is 0 Å². The fraction of sp³-hybridized carbons (Fsp3) is 0.467. The molecule has 1 saturated heterocycles. The molecule has 1 aromatic carbocycles. The smallest absolute Gasteiger partial charge is 0.281 e. The van der Waals surface area contributed by atoms with Crippen molar-refractivity contribution in [3.8, 4) is 0 Å². The first-order valence-corrected chi connectivity index (χ1v) is 7.19. The zero-order valence-corrected chi connectivity index (χ0v) is 11.9. The van der Waals surface area contributed by atoms with Gasteiger partial charge < -0.3 is 20.4 Å². The first kappa shape index (κ1) is 15.1. The number of nitrogens with zero attached hydrogens (tertiary/aromatic N) is 1. The molecule has 0 radical (unpaired) electrons. The Morgan fingerprint density at radius 2 is 2.20 bits per heavy atom. The van der Waals surface area contributed by atoms with E-state index in [1.54, 1.807) is 0 Å². The lowest BCUT2D eigenvalue weighted by molar-refractivity contribution is 0.106. The fourth-order valence-electron chi connectivity index (χ4n) is 2.50. The van der Waals surface area contributed by atoms with Crippen molar-refractivity contribution in [3.63, 3.8) is 0 Å². The van der Waals surface area contributed by atoms with Crippen molar-refractivity contribution in [2.75, 3.05) is 19.8 Å². The molecule has 0 amide bonds. The van der Waals surface area contributed by atoms with E-state index in [1.807, 2.05) is 0 Å². The number of benzene rings is 1. The van der Waals surface area contributed by atoms with E-state index in [0.717, 1.165) is 43.5 Å².